The molecule has 0 bridgehead atoms. The smallest absolute Gasteiger partial charge is 0.251 e. The van der Waals surface area contributed by atoms with E-state index in [1.165, 1.54) is 12.1 Å². The number of carbonyl (C=O) groups excluding carboxylic acids is 1. The summed E-state index contributed by atoms with van der Waals surface area (Å²) in [5.74, 6) is 1.02. The first kappa shape index (κ1) is 16.1. The monoisotopic (exact) mass is 345 g/mol. The minimum absolute atomic E-state index is 0.238. The summed E-state index contributed by atoms with van der Waals surface area (Å²) >= 11 is 0. The van der Waals surface area contributed by atoms with Gasteiger partial charge in [-0.25, -0.2) is 9.37 Å². The maximum Gasteiger partial charge on any atom is 0.251 e. The van der Waals surface area contributed by atoms with Gasteiger partial charge in [0, 0.05) is 30.3 Å². The quantitative estimate of drug-likeness (QED) is 0.902. The first-order valence-electron chi connectivity index (χ1n) is 8.55. The number of nitrogens with one attached hydrogen (secondary N) is 1. The second-order valence-electron chi connectivity index (χ2n) is 6.42. The lowest BCUT2D eigenvalue weighted by Crippen LogP contribution is -2.36. The fourth-order valence-electron chi connectivity index (χ4n) is 2.90. The topological polar surface area (TPSA) is 67.6 Å². The predicted molar refractivity (Wildman–Crippen MR) is 89.1 cm³/mol. The summed E-state index contributed by atoms with van der Waals surface area (Å²) in [6.07, 6.45) is 3.86. The molecular formula is C18H20FN3O3. The number of oxazole rings is 1. The van der Waals surface area contributed by atoms with Gasteiger partial charge in [-0.15, -0.1) is 0 Å². The molecule has 1 N–H and O–H groups in total. The molecule has 2 fully saturated rings. The average Bonchev–Trinajstić information content (AvgIpc) is 3.38. The molecule has 0 spiro atoms. The van der Waals surface area contributed by atoms with Crippen molar-refractivity contribution < 1.29 is 18.3 Å². The zero-order valence-corrected chi connectivity index (χ0v) is 13.8. The zero-order chi connectivity index (χ0) is 17.2. The number of benzene rings is 1. The van der Waals surface area contributed by atoms with Crippen molar-refractivity contribution in [3.8, 4) is 0 Å². The Morgan fingerprint density at radius 2 is 2.08 bits per heavy atom. The summed E-state index contributed by atoms with van der Waals surface area (Å²) in [7, 11) is 0. The van der Waals surface area contributed by atoms with Crippen LogP contribution in [0.5, 0.6) is 0 Å². The van der Waals surface area contributed by atoms with Crippen LogP contribution >= 0.6 is 0 Å². The molecule has 1 saturated carbocycles. The molecule has 1 aromatic heterocycles. The summed E-state index contributed by atoms with van der Waals surface area (Å²) in [6, 6.07) is 4.40. The summed E-state index contributed by atoms with van der Waals surface area (Å²) < 4.78 is 24.9. The summed E-state index contributed by atoms with van der Waals surface area (Å²) in [4.78, 5) is 18.6. The minimum atomic E-state index is -0.426. The first-order valence-corrected chi connectivity index (χ1v) is 8.55. The molecule has 2 aliphatic rings. The van der Waals surface area contributed by atoms with Crippen molar-refractivity contribution in [2.75, 3.05) is 31.2 Å². The lowest BCUT2D eigenvalue weighted by Gasteiger charge is -2.29. The molecule has 132 valence electrons. The van der Waals surface area contributed by atoms with E-state index in [1.54, 1.807) is 12.3 Å². The Bertz CT molecular complexity index is 767. The van der Waals surface area contributed by atoms with Crippen molar-refractivity contribution in [3.63, 3.8) is 0 Å². The average molecular weight is 345 g/mol. The van der Waals surface area contributed by atoms with Crippen molar-refractivity contribution >= 4 is 11.6 Å². The molecule has 1 aliphatic carbocycles. The molecule has 1 aliphatic heterocycles. The van der Waals surface area contributed by atoms with Gasteiger partial charge in [0.2, 0.25) is 0 Å². The largest absolute Gasteiger partial charge is 0.444 e. The van der Waals surface area contributed by atoms with Crippen LogP contribution in [-0.4, -0.2) is 37.2 Å². The van der Waals surface area contributed by atoms with Crippen molar-refractivity contribution in [2.24, 2.45) is 0 Å². The third-order valence-corrected chi connectivity index (χ3v) is 4.44. The van der Waals surface area contributed by atoms with E-state index in [9.17, 15) is 9.18 Å². The maximum absolute atomic E-state index is 13.9. The van der Waals surface area contributed by atoms with Gasteiger partial charge in [0.1, 0.15) is 11.6 Å². The van der Waals surface area contributed by atoms with Crippen LogP contribution in [0.25, 0.3) is 0 Å². The van der Waals surface area contributed by atoms with E-state index in [2.05, 4.69) is 10.3 Å². The molecule has 0 radical (unpaired) electrons. The van der Waals surface area contributed by atoms with Crippen molar-refractivity contribution in [3.05, 3.63) is 47.4 Å². The van der Waals surface area contributed by atoms with Crippen molar-refractivity contribution in [1.29, 1.82) is 0 Å². The van der Waals surface area contributed by atoms with Gasteiger partial charge in [-0.05, 0) is 31.0 Å². The number of ether oxygens (including phenoxy) is 1. The van der Waals surface area contributed by atoms with Gasteiger partial charge in [0.15, 0.2) is 5.89 Å². The number of anilines is 1. The van der Waals surface area contributed by atoms with Gasteiger partial charge >= 0.3 is 0 Å². The number of hydrogen-bond donors (Lipinski definition) is 1. The van der Waals surface area contributed by atoms with Gasteiger partial charge in [-0.2, -0.15) is 0 Å². The zero-order valence-electron chi connectivity index (χ0n) is 13.8. The second kappa shape index (κ2) is 6.84. The molecule has 2 aromatic rings. The van der Waals surface area contributed by atoms with Crippen LogP contribution in [0, 0.1) is 5.82 Å². The van der Waals surface area contributed by atoms with Crippen LogP contribution in [0.3, 0.4) is 0 Å². The van der Waals surface area contributed by atoms with Crippen LogP contribution in [0.2, 0.25) is 0 Å². The normalized spacial score (nSPS) is 17.6. The van der Waals surface area contributed by atoms with Gasteiger partial charge in [-0.1, -0.05) is 0 Å². The molecule has 2 heterocycles. The predicted octanol–water partition coefficient (Wildman–Crippen LogP) is 2.46. The van der Waals surface area contributed by atoms with Crippen molar-refractivity contribution in [1.82, 2.24) is 10.3 Å². The Morgan fingerprint density at radius 3 is 2.84 bits per heavy atom. The molecule has 0 atom stereocenters. The number of carbonyl (C=O) groups is 1. The number of halogens is 1. The molecule has 1 aromatic carbocycles. The van der Waals surface area contributed by atoms with Crippen molar-refractivity contribution in [2.45, 2.75) is 25.3 Å². The molecule has 25 heavy (non-hydrogen) atoms. The first-order chi connectivity index (χ1) is 12.2. The lowest BCUT2D eigenvalue weighted by molar-refractivity contribution is 0.0947. The Hall–Kier alpha value is -2.41. The standard InChI is InChI=1S/C18H20FN3O3/c19-14-7-13(8-15(9-14)22-3-5-24-6-4-22)17(23)20-10-16-11-21-18(25-16)12-1-2-12/h7-9,11-12H,1-6,10H2,(H,20,23). The third kappa shape index (κ3) is 3.82. The van der Waals surface area contributed by atoms with Gasteiger partial charge in [0.05, 0.1) is 26.0 Å². The van der Waals surface area contributed by atoms with E-state index in [0.29, 0.717) is 49.2 Å². The van der Waals surface area contributed by atoms with E-state index in [-0.39, 0.29) is 12.5 Å². The minimum Gasteiger partial charge on any atom is -0.444 e. The van der Waals surface area contributed by atoms with Crippen LogP contribution in [0.1, 0.15) is 40.8 Å². The van der Waals surface area contributed by atoms with Gasteiger partial charge in [0.25, 0.3) is 5.91 Å². The van der Waals surface area contributed by atoms with E-state index in [0.717, 1.165) is 18.7 Å². The molecule has 1 amide bonds. The third-order valence-electron chi connectivity index (χ3n) is 4.44. The fraction of sp³-hybridized carbons (Fsp3) is 0.444. The lowest BCUT2D eigenvalue weighted by atomic mass is 10.1. The van der Waals surface area contributed by atoms with E-state index in [4.69, 9.17) is 9.15 Å². The van der Waals surface area contributed by atoms with Crippen LogP contribution < -0.4 is 10.2 Å². The number of nitrogens with zero attached hydrogens (tertiary/aromatic N) is 2. The number of morpholine rings is 1. The van der Waals surface area contributed by atoms with E-state index >= 15 is 0 Å². The number of amides is 1. The van der Waals surface area contributed by atoms with Crippen LogP contribution in [-0.2, 0) is 11.3 Å². The van der Waals surface area contributed by atoms with E-state index < -0.39 is 5.82 Å². The molecule has 6 nitrogen and oxygen atoms in total. The summed E-state index contributed by atoms with van der Waals surface area (Å²) in [5, 5.41) is 2.76. The second-order valence-corrected chi connectivity index (χ2v) is 6.42. The molecular weight excluding hydrogens is 325 g/mol. The Kier molecular flexibility index (Phi) is 4.40. The highest BCUT2D eigenvalue weighted by molar-refractivity contribution is 5.95. The highest BCUT2D eigenvalue weighted by Gasteiger charge is 2.28. The number of rotatable bonds is 5. The Morgan fingerprint density at radius 1 is 1.28 bits per heavy atom. The van der Waals surface area contributed by atoms with Gasteiger partial charge < -0.3 is 19.4 Å². The SMILES string of the molecule is O=C(NCc1cnc(C2CC2)o1)c1cc(F)cc(N2CCOCC2)c1. The Balaban J connectivity index is 1.42. The van der Waals surface area contributed by atoms with Crippen LogP contribution in [0.4, 0.5) is 10.1 Å². The molecule has 1 saturated heterocycles. The number of hydrogen-bond acceptors (Lipinski definition) is 5. The van der Waals surface area contributed by atoms with Gasteiger partial charge in [-0.3, -0.25) is 4.79 Å². The summed E-state index contributed by atoms with van der Waals surface area (Å²) in [6.45, 7) is 2.82. The molecule has 0 unspecified atom stereocenters. The number of aromatic nitrogens is 1. The maximum atomic E-state index is 13.9. The molecule has 7 heteroatoms. The molecule has 4 rings (SSSR count). The Labute approximate surface area is 145 Å². The highest BCUT2D eigenvalue weighted by Crippen LogP contribution is 2.39. The highest BCUT2D eigenvalue weighted by atomic mass is 19.1. The van der Waals surface area contributed by atoms with Crippen LogP contribution in [0.15, 0.2) is 28.8 Å². The van der Waals surface area contributed by atoms with E-state index in [1.807, 2.05) is 4.90 Å². The summed E-state index contributed by atoms with van der Waals surface area (Å²) in [5.41, 5.74) is 0.993. The fourth-order valence-corrected chi connectivity index (χ4v) is 2.90.